The molecule has 25 heavy (non-hydrogen) atoms. The summed E-state index contributed by atoms with van der Waals surface area (Å²) in [5.41, 5.74) is 2.39. The summed E-state index contributed by atoms with van der Waals surface area (Å²) in [4.78, 5) is 22.7. The van der Waals surface area contributed by atoms with Crippen molar-refractivity contribution in [2.75, 3.05) is 20.1 Å². The number of benzene rings is 2. The zero-order valence-electron chi connectivity index (χ0n) is 14.1. The summed E-state index contributed by atoms with van der Waals surface area (Å²) < 4.78 is 0. The molecule has 0 atom stereocenters. The lowest BCUT2D eigenvalue weighted by molar-refractivity contribution is -0.385. The van der Waals surface area contributed by atoms with Gasteiger partial charge in [-0.25, -0.2) is 0 Å². The summed E-state index contributed by atoms with van der Waals surface area (Å²) in [6.45, 7) is 1.79. The molecule has 2 aromatic carbocycles. The molecule has 0 spiro atoms. The van der Waals surface area contributed by atoms with E-state index in [2.05, 4.69) is 4.90 Å². The van der Waals surface area contributed by atoms with E-state index in [1.54, 1.807) is 24.3 Å². The number of rotatable bonds is 9. The third kappa shape index (κ3) is 5.96. The summed E-state index contributed by atoms with van der Waals surface area (Å²) in [5, 5.41) is 21.3. The van der Waals surface area contributed by atoms with Gasteiger partial charge in [0.15, 0.2) is 0 Å². The van der Waals surface area contributed by atoms with E-state index in [0.717, 1.165) is 43.5 Å². The quantitative estimate of drug-likeness (QED) is 0.512. The molecule has 0 unspecified atom stereocenters. The second kappa shape index (κ2) is 8.89. The Morgan fingerprint density at radius 3 is 1.64 bits per heavy atom. The Hall–Kier alpha value is -2.80. The molecule has 2 aromatic rings. The van der Waals surface area contributed by atoms with Crippen molar-refractivity contribution in [3.63, 3.8) is 0 Å². The molecular formula is C18H21N3O4. The third-order valence-corrected chi connectivity index (χ3v) is 4.08. The molecule has 0 aliphatic carbocycles. The van der Waals surface area contributed by atoms with Crippen molar-refractivity contribution in [3.05, 3.63) is 79.9 Å². The molecule has 7 nitrogen and oxygen atoms in total. The summed E-state index contributed by atoms with van der Waals surface area (Å²) in [5.74, 6) is 0. The predicted octanol–water partition coefficient (Wildman–Crippen LogP) is 3.61. The number of nitro groups is 2. The zero-order valence-corrected chi connectivity index (χ0v) is 14.1. The number of nitro benzene ring substituents is 2. The minimum atomic E-state index is -0.395. The van der Waals surface area contributed by atoms with E-state index in [0.29, 0.717) is 0 Å². The minimum Gasteiger partial charge on any atom is -0.306 e. The Morgan fingerprint density at radius 2 is 1.20 bits per heavy atom. The maximum Gasteiger partial charge on any atom is 0.269 e. The van der Waals surface area contributed by atoms with Crippen molar-refractivity contribution in [1.82, 2.24) is 4.90 Å². The van der Waals surface area contributed by atoms with Crippen molar-refractivity contribution in [1.29, 1.82) is 0 Å². The van der Waals surface area contributed by atoms with Crippen LogP contribution >= 0.6 is 0 Å². The highest BCUT2D eigenvalue weighted by atomic mass is 16.6. The van der Waals surface area contributed by atoms with Crippen LogP contribution in [0.1, 0.15) is 17.5 Å². The van der Waals surface area contributed by atoms with E-state index >= 15 is 0 Å². The molecule has 0 aromatic heterocycles. The standard InChI is InChI=1S/C18H21N3O4/c1-19(14-12-16-6-10-18(11-7-16)21(24)25)13-2-3-15-4-8-17(9-5-15)20(22)23/h4-11H,2-3,12-14H2,1H3. The van der Waals surface area contributed by atoms with E-state index < -0.39 is 9.85 Å². The largest absolute Gasteiger partial charge is 0.306 e. The second-order valence-electron chi connectivity index (χ2n) is 6.00. The van der Waals surface area contributed by atoms with E-state index in [1.165, 1.54) is 24.3 Å². The highest BCUT2D eigenvalue weighted by Gasteiger charge is 2.06. The van der Waals surface area contributed by atoms with Gasteiger partial charge in [-0.15, -0.1) is 0 Å². The van der Waals surface area contributed by atoms with Gasteiger partial charge in [-0.1, -0.05) is 24.3 Å². The van der Waals surface area contributed by atoms with Gasteiger partial charge in [-0.3, -0.25) is 20.2 Å². The molecule has 0 saturated carbocycles. The third-order valence-electron chi connectivity index (χ3n) is 4.08. The molecular weight excluding hydrogens is 322 g/mol. The number of likely N-dealkylation sites (N-methyl/N-ethyl adjacent to an activating group) is 1. The monoisotopic (exact) mass is 343 g/mol. The Kier molecular flexibility index (Phi) is 6.59. The first kappa shape index (κ1) is 18.5. The topological polar surface area (TPSA) is 89.5 Å². The normalized spacial score (nSPS) is 10.8. The molecule has 0 heterocycles. The molecule has 0 aliphatic heterocycles. The van der Waals surface area contributed by atoms with Crippen LogP contribution in [0.4, 0.5) is 11.4 Å². The number of aryl methyl sites for hydroxylation is 1. The smallest absolute Gasteiger partial charge is 0.269 e. The van der Waals surface area contributed by atoms with Crippen molar-refractivity contribution in [2.24, 2.45) is 0 Å². The van der Waals surface area contributed by atoms with Crippen LogP contribution in [0.15, 0.2) is 48.5 Å². The van der Waals surface area contributed by atoms with Crippen molar-refractivity contribution in [3.8, 4) is 0 Å². The minimum absolute atomic E-state index is 0.111. The number of hydrogen-bond acceptors (Lipinski definition) is 5. The van der Waals surface area contributed by atoms with Crippen molar-refractivity contribution < 1.29 is 9.85 Å². The van der Waals surface area contributed by atoms with Crippen molar-refractivity contribution >= 4 is 11.4 Å². The molecule has 7 heteroatoms. The van der Waals surface area contributed by atoms with E-state index in [9.17, 15) is 20.2 Å². The molecule has 2 rings (SSSR count). The van der Waals surface area contributed by atoms with Crippen LogP contribution < -0.4 is 0 Å². The fraction of sp³-hybridized carbons (Fsp3) is 0.333. The van der Waals surface area contributed by atoms with Crippen LogP contribution in [-0.2, 0) is 12.8 Å². The Bertz CT molecular complexity index is 714. The lowest BCUT2D eigenvalue weighted by Crippen LogP contribution is -2.22. The number of non-ortho nitro benzene ring substituents is 2. The van der Waals surface area contributed by atoms with Crippen LogP contribution in [-0.4, -0.2) is 34.9 Å². The van der Waals surface area contributed by atoms with Crippen LogP contribution in [0.5, 0.6) is 0 Å². The molecule has 132 valence electrons. The van der Waals surface area contributed by atoms with Gasteiger partial charge in [-0.05, 0) is 44.0 Å². The molecule has 0 amide bonds. The predicted molar refractivity (Wildman–Crippen MR) is 95.7 cm³/mol. The summed E-state index contributed by atoms with van der Waals surface area (Å²) in [6, 6.07) is 13.3. The first-order valence-corrected chi connectivity index (χ1v) is 8.11. The van der Waals surface area contributed by atoms with E-state index in [1.807, 2.05) is 7.05 Å². The first-order valence-electron chi connectivity index (χ1n) is 8.11. The van der Waals surface area contributed by atoms with Gasteiger partial charge in [0, 0.05) is 30.8 Å². The van der Waals surface area contributed by atoms with Gasteiger partial charge in [0.05, 0.1) is 9.85 Å². The maximum absolute atomic E-state index is 10.6. The molecule has 0 fully saturated rings. The fourth-order valence-corrected chi connectivity index (χ4v) is 2.55. The highest BCUT2D eigenvalue weighted by Crippen LogP contribution is 2.14. The second-order valence-corrected chi connectivity index (χ2v) is 6.00. The average molecular weight is 343 g/mol. The van der Waals surface area contributed by atoms with E-state index in [4.69, 9.17) is 0 Å². The maximum atomic E-state index is 10.6. The SMILES string of the molecule is CN(CCCc1ccc([N+](=O)[O-])cc1)CCc1ccc([N+](=O)[O-])cc1. The lowest BCUT2D eigenvalue weighted by atomic mass is 10.1. The van der Waals surface area contributed by atoms with Gasteiger partial charge in [0.2, 0.25) is 0 Å². The summed E-state index contributed by atoms with van der Waals surface area (Å²) >= 11 is 0. The van der Waals surface area contributed by atoms with Gasteiger partial charge < -0.3 is 4.90 Å². The average Bonchev–Trinajstić information content (AvgIpc) is 2.60. The fourth-order valence-electron chi connectivity index (χ4n) is 2.55. The van der Waals surface area contributed by atoms with Gasteiger partial charge >= 0.3 is 0 Å². The molecule has 0 aliphatic rings. The molecule has 0 N–H and O–H groups in total. The number of nitrogens with zero attached hydrogens (tertiary/aromatic N) is 3. The van der Waals surface area contributed by atoms with Gasteiger partial charge in [0.1, 0.15) is 0 Å². The summed E-state index contributed by atoms with van der Waals surface area (Å²) in [7, 11) is 2.04. The zero-order chi connectivity index (χ0) is 18.2. The summed E-state index contributed by atoms with van der Waals surface area (Å²) in [6.07, 6.45) is 2.68. The molecule has 0 bridgehead atoms. The first-order chi connectivity index (χ1) is 12.0. The Morgan fingerprint density at radius 1 is 0.760 bits per heavy atom. The lowest BCUT2D eigenvalue weighted by Gasteiger charge is -2.16. The van der Waals surface area contributed by atoms with Crippen LogP contribution in [0.3, 0.4) is 0 Å². The van der Waals surface area contributed by atoms with Crippen LogP contribution in [0, 0.1) is 20.2 Å². The van der Waals surface area contributed by atoms with E-state index in [-0.39, 0.29) is 11.4 Å². The van der Waals surface area contributed by atoms with Crippen LogP contribution in [0.2, 0.25) is 0 Å². The van der Waals surface area contributed by atoms with Gasteiger partial charge in [0.25, 0.3) is 11.4 Å². The van der Waals surface area contributed by atoms with Crippen LogP contribution in [0.25, 0.3) is 0 Å². The molecule has 0 saturated heterocycles. The highest BCUT2D eigenvalue weighted by molar-refractivity contribution is 5.33. The Labute approximate surface area is 146 Å². The molecule has 0 radical (unpaired) electrons. The van der Waals surface area contributed by atoms with Crippen molar-refractivity contribution in [2.45, 2.75) is 19.3 Å². The van der Waals surface area contributed by atoms with Gasteiger partial charge in [-0.2, -0.15) is 0 Å². The number of hydrogen-bond donors (Lipinski definition) is 0. The Balaban J connectivity index is 1.70.